The van der Waals surface area contributed by atoms with Gasteiger partial charge in [0.2, 0.25) is 0 Å². The van der Waals surface area contributed by atoms with Crippen molar-refractivity contribution in [2.24, 2.45) is 0 Å². The first-order valence-electron chi connectivity index (χ1n) is 9.03. The maximum absolute atomic E-state index is 10.3. The molecule has 30 heavy (non-hydrogen) atoms. The summed E-state index contributed by atoms with van der Waals surface area (Å²) in [5, 5.41) is 50.7. The number of hydrogen-bond acceptors (Lipinski definition) is 9. The SMILES string of the molecule is CCCCCCCC(O)O.O=C(O)CC(O)(CC(=O)O)C(=O)O.O=C1C=CC(=O)O1. The molecule has 0 aromatic heterocycles. The van der Waals surface area contributed by atoms with Gasteiger partial charge in [-0.2, -0.15) is 0 Å². The number of esters is 2. The number of unbranched alkanes of at least 4 members (excludes halogenated alkanes) is 4. The molecule has 0 aliphatic carbocycles. The zero-order chi connectivity index (χ0) is 23.7. The van der Waals surface area contributed by atoms with E-state index in [2.05, 4.69) is 11.7 Å². The van der Waals surface area contributed by atoms with Crippen molar-refractivity contribution in [3.05, 3.63) is 12.2 Å². The predicted molar refractivity (Wildman–Crippen MR) is 98.9 cm³/mol. The predicted octanol–water partition coefficient (Wildman–Crippen LogP) is 0.0351. The number of aliphatic carboxylic acids is 3. The summed E-state index contributed by atoms with van der Waals surface area (Å²) in [6, 6.07) is 0. The maximum Gasteiger partial charge on any atom is 0.338 e. The van der Waals surface area contributed by atoms with E-state index in [0.717, 1.165) is 25.0 Å². The number of rotatable bonds is 11. The van der Waals surface area contributed by atoms with Crippen LogP contribution in [0.15, 0.2) is 12.2 Å². The van der Waals surface area contributed by atoms with E-state index in [4.69, 9.17) is 30.6 Å². The number of carbonyl (C=O) groups is 5. The highest BCUT2D eigenvalue weighted by Crippen LogP contribution is 2.15. The zero-order valence-corrected chi connectivity index (χ0v) is 16.5. The molecule has 0 atom stereocenters. The number of carboxylic acid groups (broad SMARTS) is 3. The van der Waals surface area contributed by atoms with E-state index in [0.29, 0.717) is 6.42 Å². The molecule has 0 saturated heterocycles. The number of aliphatic hydroxyl groups is 3. The Balaban J connectivity index is 0. The molecule has 0 aromatic rings. The Hall–Kier alpha value is -2.83. The summed E-state index contributed by atoms with van der Waals surface area (Å²) in [5.41, 5.74) is -2.74. The van der Waals surface area contributed by atoms with Crippen molar-refractivity contribution < 1.29 is 59.3 Å². The molecule has 0 saturated carbocycles. The van der Waals surface area contributed by atoms with Gasteiger partial charge in [-0.3, -0.25) is 9.59 Å². The van der Waals surface area contributed by atoms with Crippen molar-refractivity contribution in [3.63, 3.8) is 0 Å². The zero-order valence-electron chi connectivity index (χ0n) is 16.5. The van der Waals surface area contributed by atoms with Gasteiger partial charge in [-0.25, -0.2) is 14.4 Å². The largest absolute Gasteiger partial charge is 0.481 e. The summed E-state index contributed by atoms with van der Waals surface area (Å²) < 4.78 is 3.97. The third-order valence-corrected chi connectivity index (χ3v) is 3.41. The lowest BCUT2D eigenvalue weighted by Gasteiger charge is -2.18. The van der Waals surface area contributed by atoms with Crippen LogP contribution in [0, 0.1) is 0 Å². The molecule has 0 aromatic carbocycles. The third-order valence-electron chi connectivity index (χ3n) is 3.41. The lowest BCUT2D eigenvalue weighted by Crippen LogP contribution is -2.42. The van der Waals surface area contributed by atoms with Crippen LogP contribution in [0.3, 0.4) is 0 Å². The minimum atomic E-state index is -2.74. The maximum atomic E-state index is 10.3. The van der Waals surface area contributed by atoms with E-state index in [1.165, 1.54) is 19.3 Å². The van der Waals surface area contributed by atoms with Gasteiger partial charge in [-0.05, 0) is 12.8 Å². The van der Waals surface area contributed by atoms with Crippen molar-refractivity contribution in [2.45, 2.75) is 70.2 Å². The second-order valence-electron chi connectivity index (χ2n) is 6.23. The number of cyclic esters (lactones) is 2. The first kappa shape index (κ1) is 29.4. The summed E-state index contributed by atoms with van der Waals surface area (Å²) >= 11 is 0. The van der Waals surface area contributed by atoms with Gasteiger partial charge in [0.25, 0.3) is 0 Å². The molecule has 0 radical (unpaired) electrons. The fraction of sp³-hybridized carbons (Fsp3) is 0.611. The molecule has 0 unspecified atom stereocenters. The lowest BCUT2D eigenvalue weighted by molar-refractivity contribution is -0.170. The summed E-state index contributed by atoms with van der Waals surface area (Å²) in [6.07, 6.45) is 5.12. The molecular weight excluding hydrogens is 408 g/mol. The first-order chi connectivity index (χ1) is 13.8. The van der Waals surface area contributed by atoms with Crippen molar-refractivity contribution in [2.75, 3.05) is 0 Å². The third kappa shape index (κ3) is 17.3. The van der Waals surface area contributed by atoms with Gasteiger partial charge in [0.05, 0.1) is 12.8 Å². The smallest absolute Gasteiger partial charge is 0.338 e. The Morgan fingerprint density at radius 1 is 0.900 bits per heavy atom. The van der Waals surface area contributed by atoms with Crippen LogP contribution in [-0.4, -0.2) is 72.4 Å². The molecule has 1 rings (SSSR count). The van der Waals surface area contributed by atoms with Gasteiger partial charge < -0.3 is 35.4 Å². The molecule has 6 N–H and O–H groups in total. The number of hydrogen-bond donors (Lipinski definition) is 6. The van der Waals surface area contributed by atoms with E-state index in [-0.39, 0.29) is 0 Å². The number of carboxylic acids is 3. The molecule has 0 spiro atoms. The van der Waals surface area contributed by atoms with Crippen LogP contribution in [0.5, 0.6) is 0 Å². The van der Waals surface area contributed by atoms with Crippen molar-refractivity contribution in [1.29, 1.82) is 0 Å². The highest BCUT2D eigenvalue weighted by Gasteiger charge is 2.40. The van der Waals surface area contributed by atoms with E-state index >= 15 is 0 Å². The Morgan fingerprint density at radius 3 is 1.60 bits per heavy atom. The molecular formula is C18H28O12. The summed E-state index contributed by atoms with van der Waals surface area (Å²) in [5.74, 6) is -6.18. The normalized spacial score (nSPS) is 12.4. The van der Waals surface area contributed by atoms with Gasteiger partial charge in [-0.1, -0.05) is 32.6 Å². The van der Waals surface area contributed by atoms with Gasteiger partial charge in [0.1, 0.15) is 0 Å². The van der Waals surface area contributed by atoms with E-state index in [1.54, 1.807) is 0 Å². The average molecular weight is 436 g/mol. The highest BCUT2D eigenvalue weighted by molar-refractivity contribution is 6.04. The number of aliphatic hydroxyl groups excluding tert-OH is 1. The fourth-order valence-corrected chi connectivity index (χ4v) is 1.95. The lowest BCUT2D eigenvalue weighted by atomic mass is 9.96. The van der Waals surface area contributed by atoms with Gasteiger partial charge >= 0.3 is 29.8 Å². The van der Waals surface area contributed by atoms with Gasteiger partial charge in [0.15, 0.2) is 11.9 Å². The van der Waals surface area contributed by atoms with Crippen molar-refractivity contribution in [1.82, 2.24) is 0 Å². The molecule has 12 heteroatoms. The summed E-state index contributed by atoms with van der Waals surface area (Å²) in [6.45, 7) is 2.17. The molecule has 172 valence electrons. The van der Waals surface area contributed by atoms with Crippen molar-refractivity contribution in [3.8, 4) is 0 Å². The Bertz CT molecular complexity index is 576. The topological polar surface area (TPSA) is 216 Å². The van der Waals surface area contributed by atoms with E-state index in [9.17, 15) is 24.0 Å². The van der Waals surface area contributed by atoms with Crippen LogP contribution >= 0.6 is 0 Å². The van der Waals surface area contributed by atoms with Crippen LogP contribution in [0.1, 0.15) is 58.3 Å². The first-order valence-corrected chi connectivity index (χ1v) is 9.03. The quantitative estimate of drug-likeness (QED) is 0.109. The Labute approximate surface area is 172 Å². The van der Waals surface area contributed by atoms with Crippen molar-refractivity contribution >= 4 is 29.8 Å². The van der Waals surface area contributed by atoms with Crippen LogP contribution in [0.2, 0.25) is 0 Å². The second-order valence-corrected chi connectivity index (χ2v) is 6.23. The molecule has 0 fully saturated rings. The van der Waals surface area contributed by atoms with Crippen LogP contribution < -0.4 is 0 Å². The van der Waals surface area contributed by atoms with E-state index in [1.807, 2.05) is 0 Å². The molecule has 0 bridgehead atoms. The van der Waals surface area contributed by atoms with Gasteiger partial charge in [0, 0.05) is 12.2 Å². The highest BCUT2D eigenvalue weighted by atomic mass is 16.6. The van der Waals surface area contributed by atoms with Crippen LogP contribution in [0.25, 0.3) is 0 Å². The molecule has 0 amide bonds. The molecule has 1 heterocycles. The summed E-state index contributed by atoms with van der Waals surface area (Å²) in [4.78, 5) is 50.3. The summed E-state index contributed by atoms with van der Waals surface area (Å²) in [7, 11) is 0. The molecule has 12 nitrogen and oxygen atoms in total. The second kappa shape index (κ2) is 16.0. The minimum absolute atomic E-state index is 0.531. The molecule has 1 aliphatic heterocycles. The van der Waals surface area contributed by atoms with Crippen LogP contribution in [-0.2, 0) is 28.7 Å². The monoisotopic (exact) mass is 436 g/mol. The fourth-order valence-electron chi connectivity index (χ4n) is 1.95. The average Bonchev–Trinajstić information content (AvgIpc) is 2.97. The Kier molecular flexibility index (Phi) is 15.7. The number of carbonyl (C=O) groups excluding carboxylic acids is 2. The standard InChI is InChI=1S/C8H18O2.C6H8O7.C4H2O3/c1-2-3-4-5-6-7-8(9)10;7-3(8)1-6(13,5(11)12)2-4(9)10;5-3-1-2-4(6)7-3/h8-10H,2-7H2,1H3;13H,1-2H2,(H,7,8)(H,9,10)(H,11,12);1-2H. The van der Waals surface area contributed by atoms with Crippen LogP contribution in [0.4, 0.5) is 0 Å². The van der Waals surface area contributed by atoms with Gasteiger partial charge in [-0.15, -0.1) is 0 Å². The minimum Gasteiger partial charge on any atom is -0.481 e. The number of ether oxygens (including phenoxy) is 1. The Morgan fingerprint density at radius 2 is 1.33 bits per heavy atom. The van der Waals surface area contributed by atoms with E-state index < -0.39 is 54.6 Å². The molecule has 1 aliphatic rings.